The molecule has 0 amide bonds. The van der Waals surface area contributed by atoms with Gasteiger partial charge in [-0.05, 0) is 18.1 Å². The molecule has 0 aliphatic heterocycles. The zero-order valence-corrected chi connectivity index (χ0v) is 11.9. The van der Waals surface area contributed by atoms with Crippen molar-refractivity contribution in [2.24, 2.45) is 10.7 Å². The van der Waals surface area contributed by atoms with E-state index in [0.29, 0.717) is 0 Å². The van der Waals surface area contributed by atoms with Crippen molar-refractivity contribution in [3.63, 3.8) is 0 Å². The summed E-state index contributed by atoms with van der Waals surface area (Å²) in [5, 5.41) is 0.194. The van der Waals surface area contributed by atoms with Crippen molar-refractivity contribution in [3.8, 4) is 0 Å². The van der Waals surface area contributed by atoms with Crippen LogP contribution in [-0.2, 0) is 0 Å². The molecule has 0 aliphatic rings. The summed E-state index contributed by atoms with van der Waals surface area (Å²) in [5.74, 6) is -0.164. The number of alkyl halides is 3. The maximum Gasteiger partial charge on any atom is 0.247 e. The number of halogens is 4. The predicted octanol–water partition coefficient (Wildman–Crippen LogP) is 4.34. The van der Waals surface area contributed by atoms with E-state index in [0.717, 1.165) is 11.1 Å². The highest BCUT2D eigenvalue weighted by Crippen LogP contribution is 2.28. The normalized spacial score (nSPS) is 14.5. The fourth-order valence-electron chi connectivity index (χ4n) is 1.06. The highest BCUT2D eigenvalue weighted by molar-refractivity contribution is 6.76. The Morgan fingerprint density at radius 3 is 2.18 bits per heavy atom. The zero-order valence-electron chi connectivity index (χ0n) is 8.92. The number of rotatable bonds is 2. The van der Waals surface area contributed by atoms with Crippen LogP contribution < -0.4 is 5.73 Å². The summed E-state index contributed by atoms with van der Waals surface area (Å²) < 4.78 is -1.75. The molecule has 0 atom stereocenters. The summed E-state index contributed by atoms with van der Waals surface area (Å²) in [4.78, 5) is 3.87. The quantitative estimate of drug-likeness (QED) is 0.375. The summed E-state index contributed by atoms with van der Waals surface area (Å²) in [6.45, 7) is 1.81. The van der Waals surface area contributed by atoms with Gasteiger partial charge in [0.2, 0.25) is 3.79 Å². The van der Waals surface area contributed by atoms with Gasteiger partial charge in [-0.15, -0.1) is 0 Å². The topological polar surface area (TPSA) is 38.4 Å². The van der Waals surface area contributed by atoms with Crippen LogP contribution in [-0.4, -0.2) is 9.63 Å². The lowest BCUT2D eigenvalue weighted by Crippen LogP contribution is -2.28. The van der Waals surface area contributed by atoms with Gasteiger partial charge >= 0.3 is 0 Å². The third-order valence-electron chi connectivity index (χ3n) is 2.03. The Morgan fingerprint density at radius 2 is 1.71 bits per heavy atom. The molecule has 0 radical (unpaired) electrons. The van der Waals surface area contributed by atoms with E-state index in [1.165, 1.54) is 0 Å². The van der Waals surface area contributed by atoms with Crippen LogP contribution in [0.15, 0.2) is 40.5 Å². The standard InChI is InChI=1S/C11H10Cl4N2/c1-7(8-5-3-2-4-6-8)9(12)17-10(16)11(13,14)15/h2-6H,1H3,(H2,16,17)/b9-7+. The molecule has 2 N–H and O–H groups in total. The molecule has 0 heterocycles. The minimum Gasteiger partial charge on any atom is -0.384 e. The first-order valence-electron chi connectivity index (χ1n) is 4.65. The van der Waals surface area contributed by atoms with Gasteiger partial charge in [0.1, 0.15) is 5.16 Å². The summed E-state index contributed by atoms with van der Waals surface area (Å²) >= 11 is 22.7. The van der Waals surface area contributed by atoms with Crippen LogP contribution in [0.1, 0.15) is 12.5 Å². The summed E-state index contributed by atoms with van der Waals surface area (Å²) in [6, 6.07) is 9.50. The molecule has 0 bridgehead atoms. The lowest BCUT2D eigenvalue weighted by atomic mass is 10.1. The lowest BCUT2D eigenvalue weighted by Gasteiger charge is -2.10. The second kappa shape index (κ2) is 5.96. The van der Waals surface area contributed by atoms with Crippen molar-refractivity contribution < 1.29 is 0 Å². The number of aliphatic imine (C=N–C) groups is 1. The van der Waals surface area contributed by atoms with Crippen LogP contribution >= 0.6 is 46.4 Å². The molecule has 6 heteroatoms. The zero-order chi connectivity index (χ0) is 13.1. The summed E-state index contributed by atoms with van der Waals surface area (Å²) in [6.07, 6.45) is 0. The number of amidine groups is 1. The molecule has 1 aromatic rings. The van der Waals surface area contributed by atoms with Crippen LogP contribution in [0.3, 0.4) is 0 Å². The molecule has 17 heavy (non-hydrogen) atoms. The van der Waals surface area contributed by atoms with Gasteiger partial charge in [0.15, 0.2) is 5.84 Å². The number of allylic oxidation sites excluding steroid dienone is 1. The van der Waals surface area contributed by atoms with Crippen LogP contribution in [0, 0.1) is 0 Å². The minimum absolute atomic E-state index is 0.164. The molecule has 0 saturated carbocycles. The Labute approximate surface area is 120 Å². The number of nitrogens with zero attached hydrogens (tertiary/aromatic N) is 1. The Balaban J connectivity index is 3.08. The average Bonchev–Trinajstić information content (AvgIpc) is 2.27. The van der Waals surface area contributed by atoms with Crippen LogP contribution in [0.25, 0.3) is 5.57 Å². The van der Waals surface area contributed by atoms with Gasteiger partial charge in [-0.2, -0.15) is 0 Å². The predicted molar refractivity (Wildman–Crippen MR) is 76.8 cm³/mol. The molecule has 2 nitrogen and oxygen atoms in total. The molecule has 0 aliphatic carbocycles. The van der Waals surface area contributed by atoms with Crippen molar-refractivity contribution in [2.75, 3.05) is 0 Å². The maximum absolute atomic E-state index is 6.00. The van der Waals surface area contributed by atoms with Crippen LogP contribution in [0.2, 0.25) is 0 Å². The minimum atomic E-state index is -1.75. The molecule has 0 saturated heterocycles. The Bertz CT molecular complexity index is 446. The first-order valence-corrected chi connectivity index (χ1v) is 6.16. The van der Waals surface area contributed by atoms with Crippen LogP contribution in [0.5, 0.6) is 0 Å². The van der Waals surface area contributed by atoms with E-state index in [1.54, 1.807) is 0 Å². The second-order valence-corrected chi connectivity index (χ2v) is 5.92. The molecule has 0 aromatic heterocycles. The molecule has 0 fully saturated rings. The summed E-state index contributed by atoms with van der Waals surface area (Å²) in [7, 11) is 0. The average molecular weight is 312 g/mol. The molecule has 92 valence electrons. The van der Waals surface area contributed by atoms with E-state index < -0.39 is 3.79 Å². The third-order valence-corrected chi connectivity index (χ3v) is 2.97. The molecular formula is C11H10Cl4N2. The van der Waals surface area contributed by atoms with Gasteiger partial charge in [0.25, 0.3) is 0 Å². The molecule has 1 rings (SSSR count). The number of hydrogen-bond donors (Lipinski definition) is 1. The van der Waals surface area contributed by atoms with Crippen LogP contribution in [0.4, 0.5) is 0 Å². The molecular weight excluding hydrogens is 302 g/mol. The van der Waals surface area contributed by atoms with Crippen molar-refractivity contribution in [3.05, 3.63) is 41.1 Å². The first-order chi connectivity index (χ1) is 7.82. The van der Waals surface area contributed by atoms with Crippen molar-refractivity contribution in [2.45, 2.75) is 10.7 Å². The van der Waals surface area contributed by atoms with E-state index >= 15 is 0 Å². The van der Waals surface area contributed by atoms with Crippen molar-refractivity contribution in [1.82, 2.24) is 0 Å². The van der Waals surface area contributed by atoms with Gasteiger partial charge in [0, 0.05) is 0 Å². The Kier molecular flexibility index (Phi) is 5.14. The van der Waals surface area contributed by atoms with Gasteiger partial charge in [0.05, 0.1) is 0 Å². The Hall–Kier alpha value is -0.410. The molecule has 0 spiro atoms. The molecule has 1 aromatic carbocycles. The maximum atomic E-state index is 6.00. The largest absolute Gasteiger partial charge is 0.384 e. The SMILES string of the molecule is C/C(=C(Cl)\N=C(\N)C(Cl)(Cl)Cl)c1ccccc1. The van der Waals surface area contributed by atoms with Crippen molar-refractivity contribution >= 4 is 57.8 Å². The highest BCUT2D eigenvalue weighted by Gasteiger charge is 2.25. The number of benzene rings is 1. The van der Waals surface area contributed by atoms with E-state index in [1.807, 2.05) is 37.3 Å². The highest BCUT2D eigenvalue weighted by atomic mass is 35.6. The van der Waals surface area contributed by atoms with Crippen molar-refractivity contribution in [1.29, 1.82) is 0 Å². The fraction of sp³-hybridized carbons (Fsp3) is 0.182. The number of nitrogens with two attached hydrogens (primary N) is 1. The summed E-state index contributed by atoms with van der Waals surface area (Å²) in [5.41, 5.74) is 7.19. The van der Waals surface area contributed by atoms with Gasteiger partial charge in [-0.3, -0.25) is 0 Å². The van der Waals surface area contributed by atoms with Gasteiger partial charge in [-0.25, -0.2) is 4.99 Å². The van der Waals surface area contributed by atoms with E-state index in [4.69, 9.17) is 52.1 Å². The first kappa shape index (κ1) is 14.7. The smallest absolute Gasteiger partial charge is 0.247 e. The van der Waals surface area contributed by atoms with E-state index in [2.05, 4.69) is 4.99 Å². The lowest BCUT2D eigenvalue weighted by molar-refractivity contribution is 1.35. The van der Waals surface area contributed by atoms with Gasteiger partial charge in [-0.1, -0.05) is 76.7 Å². The third kappa shape index (κ3) is 4.40. The van der Waals surface area contributed by atoms with E-state index in [9.17, 15) is 0 Å². The Morgan fingerprint density at radius 1 is 1.18 bits per heavy atom. The second-order valence-electron chi connectivity index (χ2n) is 3.28. The monoisotopic (exact) mass is 310 g/mol. The number of hydrogen-bond acceptors (Lipinski definition) is 1. The van der Waals surface area contributed by atoms with Gasteiger partial charge < -0.3 is 5.73 Å². The molecule has 0 unspecified atom stereocenters. The van der Waals surface area contributed by atoms with E-state index in [-0.39, 0.29) is 11.0 Å². The fourth-order valence-corrected chi connectivity index (χ4v) is 1.39.